The second kappa shape index (κ2) is 5.22. The molecule has 0 aromatic heterocycles. The molecule has 1 aliphatic rings. The highest BCUT2D eigenvalue weighted by Crippen LogP contribution is 2.16. The molecule has 18 heavy (non-hydrogen) atoms. The maximum atomic E-state index is 11.6. The summed E-state index contributed by atoms with van der Waals surface area (Å²) in [5.41, 5.74) is 1.03. The molecule has 0 unspecified atom stereocenters. The molecule has 0 atom stereocenters. The van der Waals surface area contributed by atoms with E-state index in [1.165, 1.54) is 6.08 Å². The van der Waals surface area contributed by atoms with Gasteiger partial charge in [-0.15, -0.1) is 0 Å². The first-order valence-corrected chi connectivity index (χ1v) is 5.27. The van der Waals surface area contributed by atoms with Crippen LogP contribution in [0.5, 0.6) is 5.75 Å². The first-order chi connectivity index (χ1) is 8.67. The Bertz CT molecular complexity index is 511. The third kappa shape index (κ3) is 3.00. The van der Waals surface area contributed by atoms with Gasteiger partial charge in [-0.3, -0.25) is 0 Å². The van der Waals surface area contributed by atoms with E-state index >= 15 is 0 Å². The van der Waals surface area contributed by atoms with Gasteiger partial charge in [0, 0.05) is 17.8 Å². The number of nitrogens with one attached hydrogen (secondary N) is 2. The van der Waals surface area contributed by atoms with Crippen LogP contribution in [0.15, 0.2) is 36.0 Å². The van der Waals surface area contributed by atoms with Gasteiger partial charge in [-0.05, 0) is 12.1 Å². The van der Waals surface area contributed by atoms with E-state index < -0.39 is 12.0 Å². The lowest BCUT2D eigenvalue weighted by molar-refractivity contribution is -0.134. The van der Waals surface area contributed by atoms with Gasteiger partial charge in [0.05, 0.1) is 12.8 Å². The number of esters is 1. The number of methoxy groups -OCH3 is 1. The van der Waals surface area contributed by atoms with E-state index in [1.54, 1.807) is 31.4 Å². The molecule has 0 aliphatic carbocycles. The van der Waals surface area contributed by atoms with Gasteiger partial charge in [0.25, 0.3) is 0 Å². The molecule has 1 heterocycles. The van der Waals surface area contributed by atoms with Crippen LogP contribution in [-0.2, 0) is 9.53 Å². The smallest absolute Gasteiger partial charge is 0.333 e. The highest BCUT2D eigenvalue weighted by atomic mass is 16.5. The Morgan fingerprint density at radius 3 is 2.89 bits per heavy atom. The third-order valence-electron chi connectivity index (χ3n) is 2.26. The normalized spacial score (nSPS) is 13.6. The molecule has 0 radical (unpaired) electrons. The average molecular weight is 248 g/mol. The molecule has 6 nitrogen and oxygen atoms in total. The van der Waals surface area contributed by atoms with E-state index in [4.69, 9.17) is 4.74 Å². The van der Waals surface area contributed by atoms with Crippen LogP contribution in [0.4, 0.5) is 10.5 Å². The van der Waals surface area contributed by atoms with Crippen molar-refractivity contribution in [3.63, 3.8) is 0 Å². The summed E-state index contributed by atoms with van der Waals surface area (Å²) in [5.74, 6) is 0.193. The van der Waals surface area contributed by atoms with Gasteiger partial charge in [-0.25, -0.2) is 9.59 Å². The summed E-state index contributed by atoms with van der Waals surface area (Å²) >= 11 is 0. The van der Waals surface area contributed by atoms with Gasteiger partial charge in [0.2, 0.25) is 0 Å². The maximum Gasteiger partial charge on any atom is 0.333 e. The van der Waals surface area contributed by atoms with E-state index in [9.17, 15) is 9.59 Å². The van der Waals surface area contributed by atoms with Crippen LogP contribution in [0.3, 0.4) is 0 Å². The zero-order valence-electron chi connectivity index (χ0n) is 9.73. The predicted octanol–water partition coefficient (Wildman–Crippen LogP) is 1.26. The van der Waals surface area contributed by atoms with Crippen LogP contribution in [0.1, 0.15) is 0 Å². The van der Waals surface area contributed by atoms with Gasteiger partial charge in [-0.2, -0.15) is 0 Å². The number of carbonyl (C=O) groups excluding carboxylic acids is 2. The van der Waals surface area contributed by atoms with E-state index in [0.29, 0.717) is 17.1 Å². The molecule has 2 rings (SSSR count). The average Bonchev–Trinajstić information content (AvgIpc) is 2.74. The minimum atomic E-state index is -0.452. The molecule has 0 bridgehead atoms. The minimum absolute atomic E-state index is 0.0877. The predicted molar refractivity (Wildman–Crippen MR) is 64.2 cm³/mol. The van der Waals surface area contributed by atoms with Crippen molar-refractivity contribution < 1.29 is 19.1 Å². The largest absolute Gasteiger partial charge is 0.497 e. The Morgan fingerprint density at radius 1 is 1.39 bits per heavy atom. The summed E-state index contributed by atoms with van der Waals surface area (Å²) < 4.78 is 9.70. The maximum absolute atomic E-state index is 11.6. The quantitative estimate of drug-likeness (QED) is 0.789. The fourth-order valence-electron chi connectivity index (χ4n) is 1.46. The molecule has 1 aromatic carbocycles. The number of benzene rings is 1. The van der Waals surface area contributed by atoms with Crippen LogP contribution < -0.4 is 15.4 Å². The van der Waals surface area contributed by atoms with Crippen molar-refractivity contribution in [3.8, 4) is 5.75 Å². The number of hydrogen-bond acceptors (Lipinski definition) is 4. The third-order valence-corrected chi connectivity index (χ3v) is 2.26. The lowest BCUT2D eigenvalue weighted by Gasteiger charge is -2.08. The van der Waals surface area contributed by atoms with Gasteiger partial charge in [0.1, 0.15) is 12.4 Å². The standard InChI is InChI=1S/C12H12N2O4/c1-17-10-4-2-3-8(5-10)13-12(16)14-9-6-11(15)18-7-9/h2-6H,7H2,1H3,(H2,13,14,16). The van der Waals surface area contributed by atoms with Crippen molar-refractivity contribution in [1.82, 2.24) is 5.32 Å². The van der Waals surface area contributed by atoms with Gasteiger partial charge in [-0.1, -0.05) is 6.07 Å². The summed E-state index contributed by atoms with van der Waals surface area (Å²) in [5, 5.41) is 5.14. The summed E-state index contributed by atoms with van der Waals surface area (Å²) in [7, 11) is 1.55. The first-order valence-electron chi connectivity index (χ1n) is 5.27. The van der Waals surface area contributed by atoms with Crippen molar-refractivity contribution in [2.45, 2.75) is 0 Å². The van der Waals surface area contributed by atoms with E-state index in [-0.39, 0.29) is 6.61 Å². The molecule has 0 saturated carbocycles. The van der Waals surface area contributed by atoms with Gasteiger partial charge >= 0.3 is 12.0 Å². The van der Waals surface area contributed by atoms with E-state index in [2.05, 4.69) is 15.4 Å². The Morgan fingerprint density at radius 2 is 2.22 bits per heavy atom. The molecular weight excluding hydrogens is 236 g/mol. The molecule has 2 N–H and O–H groups in total. The Kier molecular flexibility index (Phi) is 3.47. The monoisotopic (exact) mass is 248 g/mol. The van der Waals surface area contributed by atoms with Crippen LogP contribution in [0.2, 0.25) is 0 Å². The highest BCUT2D eigenvalue weighted by molar-refractivity contribution is 5.92. The van der Waals surface area contributed by atoms with E-state index in [0.717, 1.165) is 0 Å². The topological polar surface area (TPSA) is 76.7 Å². The van der Waals surface area contributed by atoms with Crippen molar-refractivity contribution >= 4 is 17.7 Å². The van der Waals surface area contributed by atoms with Gasteiger partial charge in [0.15, 0.2) is 0 Å². The Balaban J connectivity index is 1.94. The minimum Gasteiger partial charge on any atom is -0.497 e. The Labute approximate surface area is 104 Å². The second-order valence-electron chi connectivity index (χ2n) is 3.59. The number of hydrogen-bond donors (Lipinski definition) is 2. The molecule has 1 aliphatic heterocycles. The van der Waals surface area contributed by atoms with Gasteiger partial charge < -0.3 is 20.1 Å². The number of amides is 2. The molecule has 0 saturated heterocycles. The number of anilines is 1. The van der Waals surface area contributed by atoms with Crippen LogP contribution in [-0.4, -0.2) is 25.7 Å². The highest BCUT2D eigenvalue weighted by Gasteiger charge is 2.14. The SMILES string of the molecule is COc1cccc(NC(=O)NC2=CC(=O)OC2)c1. The van der Waals surface area contributed by atoms with Crippen molar-refractivity contribution in [2.75, 3.05) is 19.0 Å². The zero-order valence-corrected chi connectivity index (χ0v) is 9.73. The second-order valence-corrected chi connectivity index (χ2v) is 3.59. The number of urea groups is 1. The van der Waals surface area contributed by atoms with Crippen LogP contribution in [0.25, 0.3) is 0 Å². The number of carbonyl (C=O) groups is 2. The lowest BCUT2D eigenvalue weighted by atomic mass is 10.3. The fourth-order valence-corrected chi connectivity index (χ4v) is 1.46. The fraction of sp³-hybridized carbons (Fsp3) is 0.167. The summed E-state index contributed by atoms with van der Waals surface area (Å²) in [6.07, 6.45) is 1.24. The van der Waals surface area contributed by atoms with Crippen molar-refractivity contribution in [3.05, 3.63) is 36.0 Å². The molecule has 0 spiro atoms. The molecule has 0 fully saturated rings. The number of rotatable bonds is 3. The van der Waals surface area contributed by atoms with E-state index in [1.807, 2.05) is 0 Å². The summed E-state index contributed by atoms with van der Waals surface area (Å²) in [6.45, 7) is 0.0877. The first kappa shape index (κ1) is 12.0. The number of cyclic esters (lactones) is 1. The zero-order chi connectivity index (χ0) is 13.0. The summed E-state index contributed by atoms with van der Waals surface area (Å²) in [4.78, 5) is 22.4. The van der Waals surface area contributed by atoms with Crippen LogP contribution >= 0.6 is 0 Å². The number of ether oxygens (including phenoxy) is 2. The molecular formula is C12H12N2O4. The van der Waals surface area contributed by atoms with Crippen molar-refractivity contribution in [1.29, 1.82) is 0 Å². The molecule has 6 heteroatoms. The van der Waals surface area contributed by atoms with Crippen LogP contribution in [0, 0.1) is 0 Å². The lowest BCUT2D eigenvalue weighted by Crippen LogP contribution is -2.28. The van der Waals surface area contributed by atoms with Crippen molar-refractivity contribution in [2.24, 2.45) is 0 Å². The molecule has 1 aromatic rings. The molecule has 94 valence electrons. The molecule has 2 amide bonds. The summed E-state index contributed by atoms with van der Waals surface area (Å²) in [6, 6.07) is 6.51. The Hall–Kier alpha value is -2.50.